The lowest BCUT2D eigenvalue weighted by Gasteiger charge is -2.32. The molecule has 5 rings (SSSR count). The van der Waals surface area contributed by atoms with Crippen molar-refractivity contribution < 1.29 is 14.3 Å². The number of aromatic nitrogens is 2. The normalized spacial score (nSPS) is 12.0. The van der Waals surface area contributed by atoms with Gasteiger partial charge in [-0.2, -0.15) is 0 Å². The maximum Gasteiger partial charge on any atom is 0.266 e. The summed E-state index contributed by atoms with van der Waals surface area (Å²) in [7, 11) is 3.18. The summed E-state index contributed by atoms with van der Waals surface area (Å²) in [5.74, 6) is 0.853. The number of ether oxygens (including phenoxy) is 2. The minimum atomic E-state index is -0.513. The fourth-order valence-corrected chi connectivity index (χ4v) is 5.04. The molecule has 1 atom stereocenters. The SMILES string of the molecule is CCC(c1nc2ccccc2c(=O)n1-c1ccccc1OC)N(CCOC)C(=O)c1ccc2ccccc2c1. The summed E-state index contributed by atoms with van der Waals surface area (Å²) in [5.41, 5.74) is 1.49. The van der Waals surface area contributed by atoms with Crippen molar-refractivity contribution in [2.45, 2.75) is 19.4 Å². The van der Waals surface area contributed by atoms with Gasteiger partial charge < -0.3 is 14.4 Å². The fourth-order valence-electron chi connectivity index (χ4n) is 5.04. The van der Waals surface area contributed by atoms with Gasteiger partial charge in [0.1, 0.15) is 11.6 Å². The lowest BCUT2D eigenvalue weighted by molar-refractivity contribution is 0.0579. The van der Waals surface area contributed by atoms with Crippen molar-refractivity contribution in [1.82, 2.24) is 14.5 Å². The molecule has 0 aliphatic heterocycles. The van der Waals surface area contributed by atoms with E-state index in [4.69, 9.17) is 14.5 Å². The summed E-state index contributed by atoms with van der Waals surface area (Å²) in [5, 5.41) is 2.54. The Labute approximate surface area is 227 Å². The second-order valence-electron chi connectivity index (χ2n) is 9.28. The van der Waals surface area contributed by atoms with E-state index in [1.165, 1.54) is 0 Å². The summed E-state index contributed by atoms with van der Waals surface area (Å²) in [6, 6.07) is 27.8. The van der Waals surface area contributed by atoms with E-state index in [0.29, 0.717) is 53.3 Å². The number of fused-ring (bicyclic) bond motifs is 2. The maximum absolute atomic E-state index is 14.1. The quantitative estimate of drug-likeness (QED) is 0.246. The monoisotopic (exact) mass is 521 g/mol. The molecule has 0 N–H and O–H groups in total. The van der Waals surface area contributed by atoms with Crippen LogP contribution in [0.1, 0.15) is 35.6 Å². The molecular weight excluding hydrogens is 490 g/mol. The molecule has 7 nitrogen and oxygen atoms in total. The molecule has 0 spiro atoms. The fraction of sp³-hybridized carbons (Fsp3) is 0.219. The molecule has 0 aliphatic carbocycles. The maximum atomic E-state index is 14.1. The number of hydrogen-bond acceptors (Lipinski definition) is 5. The highest BCUT2D eigenvalue weighted by Gasteiger charge is 2.30. The summed E-state index contributed by atoms with van der Waals surface area (Å²) in [4.78, 5) is 34.9. The van der Waals surface area contributed by atoms with Gasteiger partial charge in [0, 0.05) is 19.2 Å². The standard InChI is InChI=1S/C32H31N3O4/c1-4-27(34(19-20-38-2)31(36)24-18-17-22-11-5-6-12-23(22)21-24)30-33-26-14-8-7-13-25(26)32(37)35(30)28-15-9-10-16-29(28)39-3/h5-18,21,27H,4,19-20H2,1-3H3. The van der Waals surface area contributed by atoms with Gasteiger partial charge in [0.05, 0.1) is 36.3 Å². The van der Waals surface area contributed by atoms with E-state index in [0.717, 1.165) is 10.8 Å². The topological polar surface area (TPSA) is 73.7 Å². The molecule has 4 aromatic carbocycles. The summed E-state index contributed by atoms with van der Waals surface area (Å²) < 4.78 is 12.6. The van der Waals surface area contributed by atoms with E-state index in [-0.39, 0.29) is 11.5 Å². The van der Waals surface area contributed by atoms with Crippen molar-refractivity contribution in [3.8, 4) is 11.4 Å². The van der Waals surface area contributed by atoms with Crippen LogP contribution >= 0.6 is 0 Å². The Morgan fingerprint density at radius 2 is 1.64 bits per heavy atom. The van der Waals surface area contributed by atoms with Gasteiger partial charge in [0.15, 0.2) is 0 Å². The van der Waals surface area contributed by atoms with Crippen molar-refractivity contribution >= 4 is 27.6 Å². The lowest BCUT2D eigenvalue weighted by Crippen LogP contribution is -2.40. The minimum Gasteiger partial charge on any atom is -0.495 e. The van der Waals surface area contributed by atoms with Crippen LogP contribution in [0.25, 0.3) is 27.4 Å². The summed E-state index contributed by atoms with van der Waals surface area (Å²) in [6.45, 7) is 2.66. The predicted molar refractivity (Wildman–Crippen MR) is 154 cm³/mol. The van der Waals surface area contributed by atoms with Gasteiger partial charge in [-0.3, -0.25) is 14.2 Å². The largest absolute Gasteiger partial charge is 0.495 e. The first-order valence-corrected chi connectivity index (χ1v) is 13.0. The highest BCUT2D eigenvalue weighted by molar-refractivity contribution is 5.98. The van der Waals surface area contributed by atoms with E-state index in [2.05, 4.69) is 0 Å². The van der Waals surface area contributed by atoms with Crippen LogP contribution < -0.4 is 10.3 Å². The zero-order chi connectivity index (χ0) is 27.4. The summed E-state index contributed by atoms with van der Waals surface area (Å²) in [6.07, 6.45) is 0.531. The van der Waals surface area contributed by atoms with Crippen molar-refractivity contribution in [3.05, 3.63) is 113 Å². The third-order valence-electron chi connectivity index (χ3n) is 6.98. The molecule has 1 heterocycles. The van der Waals surface area contributed by atoms with E-state index < -0.39 is 6.04 Å². The number of rotatable bonds is 9. The third kappa shape index (κ3) is 5.01. The number of para-hydroxylation sites is 3. The molecule has 0 fully saturated rings. The molecule has 39 heavy (non-hydrogen) atoms. The second-order valence-corrected chi connectivity index (χ2v) is 9.28. The number of nitrogens with zero attached hydrogens (tertiary/aromatic N) is 3. The number of hydrogen-bond donors (Lipinski definition) is 0. The zero-order valence-electron chi connectivity index (χ0n) is 22.3. The molecular formula is C32H31N3O4. The van der Waals surface area contributed by atoms with Crippen LogP contribution in [0, 0.1) is 0 Å². The van der Waals surface area contributed by atoms with Gasteiger partial charge in [-0.05, 0) is 53.6 Å². The van der Waals surface area contributed by atoms with Crippen LogP contribution in [0.3, 0.4) is 0 Å². The Bertz CT molecular complexity index is 1690. The van der Waals surface area contributed by atoms with Crippen molar-refractivity contribution in [2.75, 3.05) is 27.4 Å². The molecule has 0 saturated carbocycles. The van der Waals surface area contributed by atoms with Gasteiger partial charge in [0.2, 0.25) is 0 Å². The lowest BCUT2D eigenvalue weighted by atomic mass is 10.0. The van der Waals surface area contributed by atoms with E-state index >= 15 is 0 Å². The van der Waals surface area contributed by atoms with E-state index in [1.54, 1.807) is 29.8 Å². The Morgan fingerprint density at radius 1 is 0.923 bits per heavy atom. The molecule has 0 saturated heterocycles. The number of amides is 1. The number of methoxy groups -OCH3 is 2. The number of carbonyl (C=O) groups excluding carboxylic acids is 1. The number of benzene rings is 4. The van der Waals surface area contributed by atoms with Crippen LogP contribution in [0.15, 0.2) is 95.8 Å². The van der Waals surface area contributed by atoms with Gasteiger partial charge in [-0.15, -0.1) is 0 Å². The second kappa shape index (κ2) is 11.5. The van der Waals surface area contributed by atoms with Crippen molar-refractivity contribution in [2.24, 2.45) is 0 Å². The first-order valence-electron chi connectivity index (χ1n) is 13.0. The van der Waals surface area contributed by atoms with Crippen molar-refractivity contribution in [1.29, 1.82) is 0 Å². The Hall–Kier alpha value is -4.49. The molecule has 5 aromatic rings. The summed E-state index contributed by atoms with van der Waals surface area (Å²) >= 11 is 0. The van der Waals surface area contributed by atoms with Crippen LogP contribution in [0.2, 0.25) is 0 Å². The molecule has 7 heteroatoms. The third-order valence-corrected chi connectivity index (χ3v) is 6.98. The van der Waals surface area contributed by atoms with Gasteiger partial charge >= 0.3 is 0 Å². The van der Waals surface area contributed by atoms with Crippen LogP contribution in [0.5, 0.6) is 5.75 Å². The molecule has 1 unspecified atom stereocenters. The molecule has 0 aliphatic rings. The van der Waals surface area contributed by atoms with Crippen LogP contribution in [0.4, 0.5) is 0 Å². The molecule has 1 aromatic heterocycles. The van der Waals surface area contributed by atoms with E-state index in [1.807, 2.05) is 91.9 Å². The van der Waals surface area contributed by atoms with Gasteiger partial charge in [0.25, 0.3) is 11.5 Å². The first kappa shape index (κ1) is 26.1. The number of carbonyl (C=O) groups is 1. The van der Waals surface area contributed by atoms with Crippen molar-refractivity contribution in [3.63, 3.8) is 0 Å². The average Bonchev–Trinajstić information content (AvgIpc) is 2.98. The first-order chi connectivity index (χ1) is 19.1. The molecule has 0 bridgehead atoms. The van der Waals surface area contributed by atoms with Gasteiger partial charge in [-0.25, -0.2) is 4.98 Å². The molecule has 0 radical (unpaired) electrons. The molecule has 1 amide bonds. The Balaban J connectivity index is 1.71. The van der Waals surface area contributed by atoms with Gasteiger partial charge in [-0.1, -0.05) is 61.5 Å². The predicted octanol–water partition coefficient (Wildman–Crippen LogP) is 5.79. The zero-order valence-corrected chi connectivity index (χ0v) is 22.3. The van der Waals surface area contributed by atoms with Crippen LogP contribution in [-0.2, 0) is 4.74 Å². The van der Waals surface area contributed by atoms with Crippen LogP contribution in [-0.4, -0.2) is 47.7 Å². The average molecular weight is 522 g/mol. The Morgan fingerprint density at radius 3 is 2.41 bits per heavy atom. The highest BCUT2D eigenvalue weighted by atomic mass is 16.5. The molecule has 198 valence electrons. The minimum absolute atomic E-state index is 0.154. The Kier molecular flexibility index (Phi) is 7.70. The smallest absolute Gasteiger partial charge is 0.266 e. The van der Waals surface area contributed by atoms with E-state index in [9.17, 15) is 9.59 Å². The highest BCUT2D eigenvalue weighted by Crippen LogP contribution is 2.30.